The summed E-state index contributed by atoms with van der Waals surface area (Å²) >= 11 is 1.54. The number of fused-ring (bicyclic) bond motifs is 1. The molecule has 0 fully saturated rings. The van der Waals surface area contributed by atoms with E-state index in [0.717, 1.165) is 17.7 Å². The molecule has 1 aliphatic rings. The summed E-state index contributed by atoms with van der Waals surface area (Å²) in [5.41, 5.74) is 3.18. The summed E-state index contributed by atoms with van der Waals surface area (Å²) in [5, 5.41) is 8.57. The number of carbonyl (C=O) groups is 1. The highest BCUT2D eigenvalue weighted by molar-refractivity contribution is 7.99. The van der Waals surface area contributed by atoms with Gasteiger partial charge < -0.3 is 19.5 Å². The molecule has 190 valence electrons. The number of hydrogen-bond donors (Lipinski definition) is 1. The van der Waals surface area contributed by atoms with Crippen LogP contribution in [0.1, 0.15) is 44.9 Å². The molecule has 0 saturated carbocycles. The standard InChI is InChI=1S/C27H32N4O4S/c1-6-36-27-29-26-28-18(4)23(25(32)35-17(2)3)24(31(26)30-27)20-12-13-21(22(16-20)33-5)34-15-14-19-10-8-7-9-11-19/h7-13,16-17,24H,6,14-15H2,1-5H3,(H,28,29,30). The first kappa shape index (κ1) is 25.6. The lowest BCUT2D eigenvalue weighted by Gasteiger charge is -2.29. The Balaban J connectivity index is 1.67. The number of rotatable bonds is 10. The number of anilines is 1. The van der Waals surface area contributed by atoms with Crippen LogP contribution < -0.4 is 14.8 Å². The van der Waals surface area contributed by atoms with Gasteiger partial charge in [-0.15, -0.1) is 5.10 Å². The van der Waals surface area contributed by atoms with Crippen LogP contribution in [0.5, 0.6) is 11.5 Å². The predicted molar refractivity (Wildman–Crippen MR) is 141 cm³/mol. The van der Waals surface area contributed by atoms with Crippen molar-refractivity contribution in [3.8, 4) is 11.5 Å². The minimum absolute atomic E-state index is 0.253. The van der Waals surface area contributed by atoms with Crippen LogP contribution in [0.2, 0.25) is 0 Å². The molecule has 3 aromatic rings. The van der Waals surface area contributed by atoms with Crippen LogP contribution in [0, 0.1) is 0 Å². The van der Waals surface area contributed by atoms with Crippen molar-refractivity contribution in [1.82, 2.24) is 14.8 Å². The Morgan fingerprint density at radius 2 is 1.94 bits per heavy atom. The van der Waals surface area contributed by atoms with Gasteiger partial charge in [0, 0.05) is 12.1 Å². The van der Waals surface area contributed by atoms with E-state index < -0.39 is 12.0 Å². The van der Waals surface area contributed by atoms with Crippen LogP contribution in [0.25, 0.3) is 0 Å². The van der Waals surface area contributed by atoms with Gasteiger partial charge >= 0.3 is 5.97 Å². The quantitative estimate of drug-likeness (QED) is 0.293. The molecule has 2 aromatic carbocycles. The van der Waals surface area contributed by atoms with Gasteiger partial charge in [0.2, 0.25) is 11.1 Å². The molecule has 1 aromatic heterocycles. The Hall–Kier alpha value is -3.46. The van der Waals surface area contributed by atoms with Gasteiger partial charge in [-0.2, -0.15) is 4.98 Å². The minimum atomic E-state index is -0.529. The van der Waals surface area contributed by atoms with Gasteiger partial charge in [0.05, 0.1) is 25.4 Å². The first-order chi connectivity index (χ1) is 17.4. The first-order valence-corrected chi connectivity index (χ1v) is 13.0. The second kappa shape index (κ2) is 11.5. The smallest absolute Gasteiger partial charge is 0.338 e. The molecule has 36 heavy (non-hydrogen) atoms. The average Bonchev–Trinajstić information content (AvgIpc) is 3.25. The summed E-state index contributed by atoms with van der Waals surface area (Å²) in [7, 11) is 1.61. The normalized spacial score (nSPS) is 14.9. The fourth-order valence-corrected chi connectivity index (χ4v) is 4.62. The van der Waals surface area contributed by atoms with Crippen molar-refractivity contribution in [2.75, 3.05) is 24.8 Å². The number of esters is 1. The molecule has 0 aliphatic carbocycles. The maximum Gasteiger partial charge on any atom is 0.338 e. The van der Waals surface area contributed by atoms with Crippen LogP contribution in [0.15, 0.2) is 65.0 Å². The van der Waals surface area contributed by atoms with E-state index >= 15 is 0 Å². The third-order valence-corrected chi connectivity index (χ3v) is 6.38. The number of nitrogens with one attached hydrogen (secondary N) is 1. The van der Waals surface area contributed by atoms with E-state index in [2.05, 4.69) is 22.4 Å². The molecular formula is C27H32N4O4S. The second-order valence-corrected chi connectivity index (χ2v) is 9.84. The van der Waals surface area contributed by atoms with E-state index in [0.29, 0.717) is 40.5 Å². The second-order valence-electron chi connectivity index (χ2n) is 8.61. The number of benzene rings is 2. The molecule has 1 unspecified atom stereocenters. The van der Waals surface area contributed by atoms with Crippen LogP contribution in [-0.4, -0.2) is 46.3 Å². The zero-order chi connectivity index (χ0) is 25.7. The highest BCUT2D eigenvalue weighted by atomic mass is 32.2. The Kier molecular flexibility index (Phi) is 8.20. The fraction of sp³-hybridized carbons (Fsp3) is 0.370. The molecule has 1 aliphatic heterocycles. The van der Waals surface area contributed by atoms with Gasteiger partial charge in [0.25, 0.3) is 0 Å². The van der Waals surface area contributed by atoms with Crippen molar-refractivity contribution >= 4 is 23.7 Å². The number of carbonyl (C=O) groups excluding carboxylic acids is 1. The first-order valence-electron chi connectivity index (χ1n) is 12.0. The average molecular weight is 509 g/mol. The molecule has 2 heterocycles. The highest BCUT2D eigenvalue weighted by Gasteiger charge is 2.36. The number of nitrogens with zero attached hydrogens (tertiary/aromatic N) is 3. The van der Waals surface area contributed by atoms with Crippen LogP contribution in [-0.2, 0) is 16.0 Å². The molecule has 0 amide bonds. The van der Waals surface area contributed by atoms with E-state index in [-0.39, 0.29) is 6.10 Å². The van der Waals surface area contributed by atoms with Gasteiger partial charge in [-0.25, -0.2) is 9.48 Å². The Morgan fingerprint density at radius 1 is 1.17 bits per heavy atom. The number of hydrogen-bond acceptors (Lipinski definition) is 8. The largest absolute Gasteiger partial charge is 0.493 e. The number of aromatic nitrogens is 3. The van der Waals surface area contributed by atoms with E-state index in [1.807, 2.05) is 64.1 Å². The zero-order valence-corrected chi connectivity index (χ0v) is 22.1. The van der Waals surface area contributed by atoms with Crippen molar-refractivity contribution in [1.29, 1.82) is 0 Å². The summed E-state index contributed by atoms with van der Waals surface area (Å²) in [6.07, 6.45) is 0.532. The van der Waals surface area contributed by atoms with Crippen molar-refractivity contribution < 1.29 is 19.0 Å². The summed E-state index contributed by atoms with van der Waals surface area (Å²) < 4.78 is 19.1. The van der Waals surface area contributed by atoms with Crippen molar-refractivity contribution in [3.63, 3.8) is 0 Å². The summed E-state index contributed by atoms with van der Waals surface area (Å²) in [4.78, 5) is 17.8. The number of ether oxygens (including phenoxy) is 3. The van der Waals surface area contributed by atoms with E-state index in [1.165, 1.54) is 5.56 Å². The van der Waals surface area contributed by atoms with Crippen LogP contribution in [0.4, 0.5) is 5.95 Å². The molecule has 0 spiro atoms. The fourth-order valence-electron chi connectivity index (χ4n) is 4.07. The van der Waals surface area contributed by atoms with Crippen molar-refractivity contribution in [2.24, 2.45) is 0 Å². The lowest BCUT2D eigenvalue weighted by atomic mass is 9.95. The molecule has 0 bridgehead atoms. The molecule has 8 nitrogen and oxygen atoms in total. The monoisotopic (exact) mass is 508 g/mol. The SMILES string of the molecule is CCSc1nc2n(n1)C(c1ccc(OCCc3ccccc3)c(OC)c1)C(C(=O)OC(C)C)=C(C)N2. The maximum absolute atomic E-state index is 13.2. The summed E-state index contributed by atoms with van der Waals surface area (Å²) in [5.74, 6) is 2.24. The van der Waals surface area contributed by atoms with Gasteiger partial charge in [0.1, 0.15) is 6.04 Å². The molecule has 1 N–H and O–H groups in total. The van der Waals surface area contributed by atoms with Gasteiger partial charge in [-0.3, -0.25) is 0 Å². The lowest BCUT2D eigenvalue weighted by Crippen LogP contribution is -2.30. The third kappa shape index (κ3) is 5.67. The maximum atomic E-state index is 13.2. The Morgan fingerprint density at radius 3 is 2.64 bits per heavy atom. The molecule has 1 atom stereocenters. The number of thioether (sulfide) groups is 1. The number of methoxy groups -OCH3 is 1. The molecule has 0 saturated heterocycles. The van der Waals surface area contributed by atoms with Crippen molar-refractivity contribution in [3.05, 3.63) is 70.9 Å². The molecule has 4 rings (SSSR count). The van der Waals surface area contributed by atoms with Crippen LogP contribution in [0.3, 0.4) is 0 Å². The molecule has 0 radical (unpaired) electrons. The Labute approximate surface area is 216 Å². The lowest BCUT2D eigenvalue weighted by molar-refractivity contribution is -0.143. The van der Waals surface area contributed by atoms with Gasteiger partial charge in [0.15, 0.2) is 11.5 Å². The predicted octanol–water partition coefficient (Wildman–Crippen LogP) is 5.26. The molecular weight excluding hydrogens is 476 g/mol. The topological polar surface area (TPSA) is 87.5 Å². The van der Waals surface area contributed by atoms with E-state index in [9.17, 15) is 4.79 Å². The highest BCUT2D eigenvalue weighted by Crippen LogP contribution is 2.40. The van der Waals surface area contributed by atoms with Crippen molar-refractivity contribution in [2.45, 2.75) is 51.4 Å². The van der Waals surface area contributed by atoms with E-state index in [4.69, 9.17) is 19.3 Å². The summed E-state index contributed by atoms with van der Waals surface area (Å²) in [6.45, 7) is 8.09. The number of allylic oxidation sites excluding steroid dienone is 1. The molecule has 9 heteroatoms. The van der Waals surface area contributed by atoms with Crippen LogP contribution >= 0.6 is 11.8 Å². The van der Waals surface area contributed by atoms with Gasteiger partial charge in [-0.1, -0.05) is 55.1 Å². The van der Waals surface area contributed by atoms with Gasteiger partial charge in [-0.05, 0) is 49.8 Å². The third-order valence-electron chi connectivity index (χ3n) is 5.66. The van der Waals surface area contributed by atoms with E-state index in [1.54, 1.807) is 23.6 Å². The summed E-state index contributed by atoms with van der Waals surface area (Å²) in [6, 6.07) is 15.4. The minimum Gasteiger partial charge on any atom is -0.493 e. The zero-order valence-electron chi connectivity index (χ0n) is 21.3. The Bertz CT molecular complexity index is 1240.